The zero-order valence-corrected chi connectivity index (χ0v) is 13.5. The third-order valence-corrected chi connectivity index (χ3v) is 4.46. The van der Waals surface area contributed by atoms with Crippen molar-refractivity contribution < 1.29 is 9.90 Å². The maximum atomic E-state index is 12.1. The highest BCUT2D eigenvalue weighted by Crippen LogP contribution is 2.24. The molecular weight excluding hydrogens is 278 g/mol. The van der Waals surface area contributed by atoms with Gasteiger partial charge in [-0.1, -0.05) is 6.07 Å². The first-order valence-electron chi connectivity index (χ1n) is 8.12. The van der Waals surface area contributed by atoms with Crippen molar-refractivity contribution in [3.8, 4) is 0 Å². The van der Waals surface area contributed by atoms with E-state index in [2.05, 4.69) is 22.5 Å². The molecule has 3 N–H and O–H groups in total. The lowest BCUT2D eigenvalue weighted by atomic mass is 9.87. The molecule has 22 heavy (non-hydrogen) atoms. The average Bonchev–Trinajstić information content (AvgIpc) is 2.55. The van der Waals surface area contributed by atoms with Gasteiger partial charge in [-0.15, -0.1) is 0 Å². The van der Waals surface area contributed by atoms with Crippen molar-refractivity contribution in [2.24, 2.45) is 5.92 Å². The molecule has 0 atom stereocenters. The number of carbonyl (C=O) groups excluding carboxylic acids is 1. The second-order valence-electron chi connectivity index (χ2n) is 6.06. The molecule has 5 heteroatoms. The van der Waals surface area contributed by atoms with Crippen molar-refractivity contribution in [3.63, 3.8) is 0 Å². The Balaban J connectivity index is 1.84. The number of anilines is 2. The Bertz CT molecular complexity index is 485. The summed E-state index contributed by atoms with van der Waals surface area (Å²) in [6.45, 7) is 3.27. The van der Waals surface area contributed by atoms with E-state index in [-0.39, 0.29) is 18.7 Å². The van der Waals surface area contributed by atoms with Crippen molar-refractivity contribution >= 4 is 17.4 Å². The quantitative estimate of drug-likeness (QED) is 0.784. The van der Waals surface area contributed by atoms with Crippen LogP contribution in [0.25, 0.3) is 0 Å². The molecule has 0 heterocycles. The van der Waals surface area contributed by atoms with E-state index >= 15 is 0 Å². The largest absolute Gasteiger partial charge is 0.396 e. The molecule has 0 aromatic heterocycles. The summed E-state index contributed by atoms with van der Waals surface area (Å²) < 4.78 is 0. The smallest absolute Gasteiger partial charge is 0.319 e. The number of urea groups is 1. The molecule has 122 valence electrons. The van der Waals surface area contributed by atoms with E-state index in [4.69, 9.17) is 5.11 Å². The van der Waals surface area contributed by atoms with Crippen molar-refractivity contribution in [1.82, 2.24) is 5.32 Å². The van der Waals surface area contributed by atoms with Crippen molar-refractivity contribution in [2.75, 3.05) is 30.4 Å². The van der Waals surface area contributed by atoms with Crippen LogP contribution in [0.2, 0.25) is 0 Å². The summed E-state index contributed by atoms with van der Waals surface area (Å²) in [5.74, 6) is 0.405. The van der Waals surface area contributed by atoms with Crippen LogP contribution in [0.3, 0.4) is 0 Å². The molecule has 0 aliphatic heterocycles. The first-order valence-corrected chi connectivity index (χ1v) is 8.12. The number of hydrogen-bond acceptors (Lipinski definition) is 3. The molecule has 1 saturated carbocycles. The minimum absolute atomic E-state index is 0.149. The van der Waals surface area contributed by atoms with Crippen LogP contribution in [-0.4, -0.2) is 37.4 Å². The van der Waals surface area contributed by atoms with Crippen LogP contribution in [0.5, 0.6) is 0 Å². The molecule has 1 aromatic rings. The number of amides is 2. The number of nitrogens with one attached hydrogen (secondary N) is 2. The van der Waals surface area contributed by atoms with Crippen molar-refractivity contribution in [2.45, 2.75) is 38.6 Å². The Labute approximate surface area is 132 Å². The zero-order valence-electron chi connectivity index (χ0n) is 13.5. The summed E-state index contributed by atoms with van der Waals surface area (Å²) in [6.07, 6.45) is 3.85. The number of rotatable bonds is 5. The topological polar surface area (TPSA) is 64.6 Å². The number of aliphatic hydroxyl groups is 1. The summed E-state index contributed by atoms with van der Waals surface area (Å²) in [7, 11) is 2.03. The highest BCUT2D eigenvalue weighted by molar-refractivity contribution is 5.90. The number of hydrogen-bond donors (Lipinski definition) is 3. The van der Waals surface area contributed by atoms with Gasteiger partial charge in [0.1, 0.15) is 0 Å². The van der Waals surface area contributed by atoms with Crippen LogP contribution in [0, 0.1) is 5.92 Å². The molecule has 0 bridgehead atoms. The van der Waals surface area contributed by atoms with E-state index in [9.17, 15) is 4.79 Å². The van der Waals surface area contributed by atoms with E-state index in [0.29, 0.717) is 5.92 Å². The first kappa shape index (κ1) is 16.6. The molecule has 1 aliphatic carbocycles. The number of carbonyl (C=O) groups is 1. The van der Waals surface area contributed by atoms with Crippen LogP contribution in [0.15, 0.2) is 24.3 Å². The lowest BCUT2D eigenvalue weighted by Gasteiger charge is -2.28. The van der Waals surface area contributed by atoms with Gasteiger partial charge in [0.05, 0.1) is 0 Å². The Morgan fingerprint density at radius 2 is 2.05 bits per heavy atom. The molecule has 0 radical (unpaired) electrons. The second-order valence-corrected chi connectivity index (χ2v) is 6.06. The summed E-state index contributed by atoms with van der Waals surface area (Å²) in [5.41, 5.74) is 1.89. The standard InChI is InChI=1S/C17H27N3O2/c1-3-20(2)16-6-4-5-15(11-16)19-17(22)18-14-9-7-13(12-21)8-10-14/h4-6,11,13-14,21H,3,7-10,12H2,1-2H3,(H2,18,19,22). The Hall–Kier alpha value is -1.75. The van der Waals surface area contributed by atoms with E-state index < -0.39 is 0 Å². The fraction of sp³-hybridized carbons (Fsp3) is 0.588. The fourth-order valence-corrected chi connectivity index (χ4v) is 2.85. The number of aliphatic hydroxyl groups excluding tert-OH is 1. The van der Waals surface area contributed by atoms with Crippen LogP contribution in [0.1, 0.15) is 32.6 Å². The SMILES string of the molecule is CCN(C)c1cccc(NC(=O)NC2CCC(CO)CC2)c1. The van der Waals surface area contributed by atoms with E-state index in [1.807, 2.05) is 31.3 Å². The van der Waals surface area contributed by atoms with Crippen LogP contribution in [-0.2, 0) is 0 Å². The van der Waals surface area contributed by atoms with Gasteiger partial charge in [-0.2, -0.15) is 0 Å². The van der Waals surface area contributed by atoms with Gasteiger partial charge in [0.2, 0.25) is 0 Å². The lowest BCUT2D eigenvalue weighted by molar-refractivity contribution is 0.176. The molecule has 5 nitrogen and oxygen atoms in total. The summed E-state index contributed by atoms with van der Waals surface area (Å²) >= 11 is 0. The lowest BCUT2D eigenvalue weighted by Crippen LogP contribution is -2.40. The van der Waals surface area contributed by atoms with Gasteiger partial charge >= 0.3 is 6.03 Å². The molecule has 0 spiro atoms. The maximum Gasteiger partial charge on any atom is 0.319 e. The highest BCUT2D eigenvalue weighted by atomic mass is 16.3. The Morgan fingerprint density at radius 3 is 2.68 bits per heavy atom. The van der Waals surface area contributed by atoms with Crippen molar-refractivity contribution in [1.29, 1.82) is 0 Å². The van der Waals surface area contributed by atoms with E-state index in [1.165, 1.54) is 0 Å². The minimum atomic E-state index is -0.149. The van der Waals surface area contributed by atoms with Gasteiger partial charge in [-0.25, -0.2) is 4.79 Å². The normalized spacial score (nSPS) is 21.2. The van der Waals surface area contributed by atoms with E-state index in [0.717, 1.165) is 43.6 Å². The first-order chi connectivity index (χ1) is 10.6. The Morgan fingerprint density at radius 1 is 1.32 bits per heavy atom. The van der Waals surface area contributed by atoms with Gasteiger partial charge in [0.25, 0.3) is 0 Å². The summed E-state index contributed by atoms with van der Waals surface area (Å²) in [4.78, 5) is 14.2. The van der Waals surface area contributed by atoms with E-state index in [1.54, 1.807) is 0 Å². The minimum Gasteiger partial charge on any atom is -0.396 e. The molecule has 0 unspecified atom stereocenters. The predicted molar refractivity (Wildman–Crippen MR) is 90.4 cm³/mol. The molecule has 1 aromatic carbocycles. The average molecular weight is 305 g/mol. The molecule has 0 saturated heterocycles. The highest BCUT2D eigenvalue weighted by Gasteiger charge is 2.21. The molecule has 1 aliphatic rings. The maximum absolute atomic E-state index is 12.1. The zero-order chi connectivity index (χ0) is 15.9. The van der Waals surface area contributed by atoms with Crippen LogP contribution in [0.4, 0.5) is 16.2 Å². The van der Waals surface area contributed by atoms with Gasteiger partial charge in [-0.05, 0) is 56.7 Å². The summed E-state index contributed by atoms with van der Waals surface area (Å²) in [6, 6.07) is 7.92. The molecular formula is C17H27N3O2. The monoisotopic (exact) mass is 305 g/mol. The number of benzene rings is 1. The Kier molecular flexibility index (Phi) is 6.07. The van der Waals surface area contributed by atoms with Gasteiger partial charge in [0.15, 0.2) is 0 Å². The molecule has 2 rings (SSSR count). The third-order valence-electron chi connectivity index (χ3n) is 4.46. The predicted octanol–water partition coefficient (Wildman–Crippen LogP) is 2.82. The third kappa shape index (κ3) is 4.63. The number of nitrogens with zero attached hydrogens (tertiary/aromatic N) is 1. The van der Waals surface area contributed by atoms with Crippen LogP contribution >= 0.6 is 0 Å². The molecule has 2 amide bonds. The van der Waals surface area contributed by atoms with Gasteiger partial charge in [0, 0.05) is 37.6 Å². The van der Waals surface area contributed by atoms with Gasteiger partial charge < -0.3 is 20.6 Å². The van der Waals surface area contributed by atoms with Gasteiger partial charge in [-0.3, -0.25) is 0 Å². The molecule has 1 fully saturated rings. The summed E-state index contributed by atoms with van der Waals surface area (Å²) in [5, 5.41) is 15.1. The van der Waals surface area contributed by atoms with Crippen molar-refractivity contribution in [3.05, 3.63) is 24.3 Å². The van der Waals surface area contributed by atoms with Crippen LogP contribution < -0.4 is 15.5 Å². The second kappa shape index (κ2) is 8.03. The fourth-order valence-electron chi connectivity index (χ4n) is 2.85.